The highest BCUT2D eigenvalue weighted by Crippen LogP contribution is 2.27. The lowest BCUT2D eigenvalue weighted by Crippen LogP contribution is -2.40. The number of hydrogen-bond donors (Lipinski definition) is 3. The molecule has 0 bridgehead atoms. The first-order valence-electron chi connectivity index (χ1n) is 10.6. The van der Waals surface area contributed by atoms with Crippen LogP contribution in [0.15, 0.2) is 30.5 Å². The number of unbranched alkanes of at least 4 members (excludes halogenated alkanes) is 1. The van der Waals surface area contributed by atoms with Gasteiger partial charge >= 0.3 is 0 Å². The van der Waals surface area contributed by atoms with Gasteiger partial charge in [-0.05, 0) is 57.9 Å². The lowest BCUT2D eigenvalue weighted by Gasteiger charge is -2.26. The number of likely N-dealkylation sites (N-methyl/N-ethyl adjacent to an activating group) is 1. The van der Waals surface area contributed by atoms with Crippen LogP contribution in [0.25, 0.3) is 0 Å². The number of nitrogens with zero attached hydrogens (tertiary/aromatic N) is 2. The number of hydrogen-bond acceptors (Lipinski definition) is 6. The molecule has 0 aliphatic heterocycles. The number of anilines is 2. The zero-order valence-electron chi connectivity index (χ0n) is 17.9. The van der Waals surface area contributed by atoms with Gasteiger partial charge in [0.25, 0.3) is 0 Å². The third-order valence-electron chi connectivity index (χ3n) is 4.99. The largest absolute Gasteiger partial charge is 0.473 e. The summed E-state index contributed by atoms with van der Waals surface area (Å²) in [5.74, 6) is 6.57. The van der Waals surface area contributed by atoms with Crippen molar-refractivity contribution in [1.29, 1.82) is 0 Å². The Morgan fingerprint density at radius 1 is 1.39 bits per heavy atom. The summed E-state index contributed by atoms with van der Waals surface area (Å²) in [5.41, 5.74) is 1.17. The van der Waals surface area contributed by atoms with Crippen LogP contribution >= 0.6 is 0 Å². The van der Waals surface area contributed by atoms with Crippen LogP contribution in [0, 0.1) is 17.7 Å². The Balaban J connectivity index is 1.61. The maximum Gasteiger partial charge on any atom is 0.236 e. The van der Waals surface area contributed by atoms with E-state index in [1.807, 2.05) is 6.92 Å². The minimum absolute atomic E-state index is 0.0265. The molecule has 1 amide bonds. The van der Waals surface area contributed by atoms with Crippen molar-refractivity contribution in [3.05, 3.63) is 41.8 Å². The van der Waals surface area contributed by atoms with Gasteiger partial charge in [0.1, 0.15) is 17.5 Å². The molecule has 1 atom stereocenters. The Labute approximate surface area is 182 Å². The molecular weight excluding hydrogens is 397 g/mol. The number of aromatic nitrogens is 2. The number of ether oxygens (including phenoxy) is 1. The highest BCUT2D eigenvalue weighted by molar-refractivity contribution is 5.81. The van der Waals surface area contributed by atoms with E-state index >= 15 is 0 Å². The second kappa shape index (κ2) is 11.3. The fourth-order valence-corrected chi connectivity index (χ4v) is 2.77. The molecule has 1 aliphatic carbocycles. The molecule has 31 heavy (non-hydrogen) atoms. The number of carbonyl (C=O) groups is 1. The lowest BCUT2D eigenvalue weighted by molar-refractivity contribution is -0.122. The fraction of sp³-hybridized carbons (Fsp3) is 0.435. The fourth-order valence-electron chi connectivity index (χ4n) is 2.77. The average molecular weight is 426 g/mol. The van der Waals surface area contributed by atoms with E-state index < -0.39 is 0 Å². The van der Waals surface area contributed by atoms with Crippen molar-refractivity contribution in [3.8, 4) is 17.7 Å². The zero-order chi connectivity index (χ0) is 22.1. The van der Waals surface area contributed by atoms with Crippen LogP contribution in [0.5, 0.6) is 5.88 Å². The summed E-state index contributed by atoms with van der Waals surface area (Å²) < 4.78 is 19.4. The summed E-state index contributed by atoms with van der Waals surface area (Å²) in [6, 6.07) is 5.89. The number of benzene rings is 1. The summed E-state index contributed by atoms with van der Waals surface area (Å²) in [4.78, 5) is 20.5. The highest BCUT2D eigenvalue weighted by atomic mass is 19.1. The highest BCUT2D eigenvalue weighted by Gasteiger charge is 2.21. The standard InChI is InChI=1S/C23H28FN5O2/c1-16(25-2)21(30)26-13-5-3-4-8-17-15-27-23(28-19-10-6-9-18(24)14-19)29-22(17)31-20-11-7-12-20/h6,9-10,14-16,20,25H,3,5,7,11-13H2,1-2H3,(H,26,30)(H,27,28,29)/t16-/m0/s1. The van der Waals surface area contributed by atoms with Crippen molar-refractivity contribution in [3.63, 3.8) is 0 Å². The third-order valence-corrected chi connectivity index (χ3v) is 4.99. The third kappa shape index (κ3) is 6.93. The van der Waals surface area contributed by atoms with Gasteiger partial charge in [0.15, 0.2) is 0 Å². The molecule has 0 unspecified atom stereocenters. The molecule has 0 saturated heterocycles. The van der Waals surface area contributed by atoms with Gasteiger partial charge in [0.05, 0.1) is 12.2 Å². The smallest absolute Gasteiger partial charge is 0.236 e. The van der Waals surface area contributed by atoms with Crippen LogP contribution in [0.3, 0.4) is 0 Å². The molecule has 1 fully saturated rings. The number of carbonyl (C=O) groups excluding carboxylic acids is 1. The van der Waals surface area contributed by atoms with Crippen molar-refractivity contribution < 1.29 is 13.9 Å². The summed E-state index contributed by atoms with van der Waals surface area (Å²) in [6.07, 6.45) is 6.26. The lowest BCUT2D eigenvalue weighted by atomic mass is 9.96. The van der Waals surface area contributed by atoms with Gasteiger partial charge in [0, 0.05) is 18.7 Å². The van der Waals surface area contributed by atoms with Crippen LogP contribution in [-0.4, -0.2) is 41.6 Å². The van der Waals surface area contributed by atoms with Gasteiger partial charge in [-0.1, -0.05) is 17.9 Å². The van der Waals surface area contributed by atoms with Crippen molar-refractivity contribution in [2.75, 3.05) is 18.9 Å². The molecule has 2 aromatic rings. The Morgan fingerprint density at radius 2 is 2.23 bits per heavy atom. The van der Waals surface area contributed by atoms with Gasteiger partial charge < -0.3 is 20.7 Å². The SMILES string of the molecule is CN[C@@H](C)C(=O)NCCCC#Cc1cnc(Nc2cccc(F)c2)nc1OC1CCC1. The normalized spacial score (nSPS) is 14.0. The Morgan fingerprint density at radius 3 is 2.94 bits per heavy atom. The van der Waals surface area contributed by atoms with Gasteiger partial charge in [0.2, 0.25) is 17.7 Å². The quantitative estimate of drug-likeness (QED) is 0.423. The van der Waals surface area contributed by atoms with Crippen molar-refractivity contribution in [2.45, 2.75) is 51.2 Å². The Kier molecular flexibility index (Phi) is 8.19. The summed E-state index contributed by atoms with van der Waals surface area (Å²) in [5, 5.41) is 8.76. The van der Waals surface area contributed by atoms with Crippen molar-refractivity contribution >= 4 is 17.5 Å². The van der Waals surface area contributed by atoms with Gasteiger partial charge in [-0.2, -0.15) is 4.98 Å². The maximum absolute atomic E-state index is 13.4. The number of amides is 1. The molecule has 1 heterocycles. The molecular formula is C23H28FN5O2. The first-order chi connectivity index (χ1) is 15.0. The van der Waals surface area contributed by atoms with Crippen molar-refractivity contribution in [1.82, 2.24) is 20.6 Å². The number of halogens is 1. The van der Waals surface area contributed by atoms with E-state index in [1.165, 1.54) is 12.1 Å². The molecule has 7 nitrogen and oxygen atoms in total. The van der Waals surface area contributed by atoms with E-state index in [-0.39, 0.29) is 23.9 Å². The van der Waals surface area contributed by atoms with Crippen LogP contribution < -0.4 is 20.7 Å². The topological polar surface area (TPSA) is 88.2 Å². The molecule has 0 spiro atoms. The monoisotopic (exact) mass is 425 g/mol. The molecule has 1 aromatic heterocycles. The Bertz CT molecular complexity index is 952. The molecule has 1 aromatic carbocycles. The minimum Gasteiger partial charge on any atom is -0.473 e. The molecule has 3 N–H and O–H groups in total. The molecule has 0 radical (unpaired) electrons. The molecule has 1 aliphatic rings. The number of rotatable bonds is 9. The second-order valence-electron chi connectivity index (χ2n) is 7.43. The van der Waals surface area contributed by atoms with Crippen LogP contribution in [-0.2, 0) is 4.79 Å². The first kappa shape index (κ1) is 22.5. The summed E-state index contributed by atoms with van der Waals surface area (Å²) in [7, 11) is 1.75. The van der Waals surface area contributed by atoms with Gasteiger partial charge in [-0.15, -0.1) is 0 Å². The molecule has 164 valence electrons. The van der Waals surface area contributed by atoms with E-state index in [0.717, 1.165) is 25.7 Å². The predicted octanol–water partition coefficient (Wildman–Crippen LogP) is 3.15. The van der Waals surface area contributed by atoms with Crippen LogP contribution in [0.4, 0.5) is 16.0 Å². The van der Waals surface area contributed by atoms with Crippen molar-refractivity contribution in [2.24, 2.45) is 0 Å². The molecule has 3 rings (SSSR count). The average Bonchev–Trinajstić information content (AvgIpc) is 2.73. The van der Waals surface area contributed by atoms with Gasteiger partial charge in [-0.25, -0.2) is 9.37 Å². The first-order valence-corrected chi connectivity index (χ1v) is 10.6. The van der Waals surface area contributed by atoms with Crippen LogP contribution in [0.1, 0.15) is 44.6 Å². The molecule has 1 saturated carbocycles. The van der Waals surface area contributed by atoms with E-state index in [9.17, 15) is 9.18 Å². The second-order valence-corrected chi connectivity index (χ2v) is 7.43. The molecule has 8 heteroatoms. The Hall–Kier alpha value is -3.18. The maximum atomic E-state index is 13.4. The van der Waals surface area contributed by atoms with E-state index in [0.29, 0.717) is 36.0 Å². The van der Waals surface area contributed by atoms with E-state index in [4.69, 9.17) is 4.74 Å². The van der Waals surface area contributed by atoms with E-state index in [2.05, 4.69) is 37.8 Å². The minimum atomic E-state index is -0.338. The predicted molar refractivity (Wildman–Crippen MR) is 118 cm³/mol. The summed E-state index contributed by atoms with van der Waals surface area (Å²) >= 11 is 0. The van der Waals surface area contributed by atoms with Gasteiger partial charge in [-0.3, -0.25) is 4.79 Å². The number of nitrogens with one attached hydrogen (secondary N) is 3. The summed E-state index contributed by atoms with van der Waals surface area (Å²) in [6.45, 7) is 2.38. The van der Waals surface area contributed by atoms with E-state index in [1.54, 1.807) is 25.4 Å². The van der Waals surface area contributed by atoms with Crippen LogP contribution in [0.2, 0.25) is 0 Å². The zero-order valence-corrected chi connectivity index (χ0v) is 17.9.